The molecule has 0 saturated heterocycles. The van der Waals surface area contributed by atoms with Gasteiger partial charge in [0.1, 0.15) is 6.42 Å². The van der Waals surface area contributed by atoms with Crippen molar-refractivity contribution in [2.45, 2.75) is 6.42 Å². The monoisotopic (exact) mass is 284 g/mol. The van der Waals surface area contributed by atoms with E-state index in [4.69, 9.17) is 0 Å². The lowest BCUT2D eigenvalue weighted by atomic mass is 10.3. The van der Waals surface area contributed by atoms with E-state index in [1.165, 1.54) is 0 Å². The Bertz CT molecular complexity index is 534. The Kier molecular flexibility index (Phi) is 5.17. The number of hydrogen-bond donors (Lipinski definition) is 4. The van der Waals surface area contributed by atoms with Crippen LogP contribution in [0.5, 0.6) is 0 Å². The molecule has 2 rings (SSSR count). The topological polar surface area (TPSA) is 82.3 Å². The first-order valence-electron chi connectivity index (χ1n) is 6.44. The molecule has 6 nitrogen and oxygen atoms in total. The molecule has 0 unspecified atom stereocenters. The van der Waals surface area contributed by atoms with Crippen molar-refractivity contribution in [2.24, 2.45) is 0 Å². The van der Waals surface area contributed by atoms with E-state index in [1.807, 2.05) is 36.4 Å². The van der Waals surface area contributed by atoms with Gasteiger partial charge >= 0.3 is 0 Å². The molecule has 2 amide bonds. The molecule has 0 radical (unpaired) electrons. The van der Waals surface area contributed by atoms with Crippen molar-refractivity contribution < 1.29 is 9.59 Å². The van der Waals surface area contributed by atoms with Gasteiger partial charge < -0.3 is 0 Å². The summed E-state index contributed by atoms with van der Waals surface area (Å²) in [6, 6.07) is 18.3. The normalized spacial score (nSPS) is 9.52. The molecule has 0 bridgehead atoms. The van der Waals surface area contributed by atoms with Crippen LogP contribution in [0.4, 0.5) is 11.4 Å². The zero-order valence-corrected chi connectivity index (χ0v) is 11.3. The lowest BCUT2D eigenvalue weighted by Gasteiger charge is -2.10. The molecule has 4 N–H and O–H groups in total. The van der Waals surface area contributed by atoms with Crippen LogP contribution in [-0.4, -0.2) is 11.8 Å². The smallest absolute Gasteiger partial charge is 0.247 e. The summed E-state index contributed by atoms with van der Waals surface area (Å²) in [7, 11) is 0. The lowest BCUT2D eigenvalue weighted by Crippen LogP contribution is -2.36. The van der Waals surface area contributed by atoms with Crippen molar-refractivity contribution in [3.63, 3.8) is 0 Å². The third-order valence-corrected chi connectivity index (χ3v) is 2.56. The molecule has 0 aliphatic rings. The van der Waals surface area contributed by atoms with Crippen molar-refractivity contribution in [1.82, 2.24) is 10.9 Å². The SMILES string of the molecule is O=C(CC(=O)NNc1ccccc1)NNc1ccccc1. The molecule has 0 heterocycles. The predicted octanol–water partition coefficient (Wildman–Crippen LogP) is 1.66. The number of carbonyl (C=O) groups excluding carboxylic acids is 2. The summed E-state index contributed by atoms with van der Waals surface area (Å²) in [5.41, 5.74) is 11.8. The fourth-order valence-corrected chi connectivity index (χ4v) is 1.56. The molecule has 21 heavy (non-hydrogen) atoms. The average molecular weight is 284 g/mol. The third-order valence-electron chi connectivity index (χ3n) is 2.56. The van der Waals surface area contributed by atoms with Crippen molar-refractivity contribution >= 4 is 23.2 Å². The summed E-state index contributed by atoms with van der Waals surface area (Å²) in [4.78, 5) is 23.2. The number of nitrogens with one attached hydrogen (secondary N) is 4. The number of hydrogen-bond acceptors (Lipinski definition) is 4. The van der Waals surface area contributed by atoms with Crippen molar-refractivity contribution in [2.75, 3.05) is 10.9 Å². The lowest BCUT2D eigenvalue weighted by molar-refractivity contribution is -0.128. The Morgan fingerprint density at radius 1 is 0.667 bits per heavy atom. The maximum Gasteiger partial charge on any atom is 0.247 e. The van der Waals surface area contributed by atoms with Gasteiger partial charge in [-0.2, -0.15) is 0 Å². The van der Waals surface area contributed by atoms with Crippen LogP contribution < -0.4 is 21.7 Å². The Hall–Kier alpha value is -3.02. The van der Waals surface area contributed by atoms with Gasteiger partial charge in [0.2, 0.25) is 11.8 Å². The summed E-state index contributed by atoms with van der Waals surface area (Å²) in [6.07, 6.45) is -0.278. The van der Waals surface area contributed by atoms with E-state index in [9.17, 15) is 9.59 Å². The van der Waals surface area contributed by atoms with E-state index in [0.29, 0.717) is 0 Å². The van der Waals surface area contributed by atoms with E-state index in [1.54, 1.807) is 24.3 Å². The highest BCUT2D eigenvalue weighted by atomic mass is 16.2. The Morgan fingerprint density at radius 3 is 1.43 bits per heavy atom. The first-order valence-corrected chi connectivity index (χ1v) is 6.44. The van der Waals surface area contributed by atoms with E-state index in [0.717, 1.165) is 11.4 Å². The quantitative estimate of drug-likeness (QED) is 0.480. The van der Waals surface area contributed by atoms with Crippen LogP contribution in [0.25, 0.3) is 0 Å². The number of anilines is 2. The molecule has 0 aliphatic carbocycles. The van der Waals surface area contributed by atoms with Crippen LogP contribution in [-0.2, 0) is 9.59 Å². The molecule has 0 aromatic heterocycles. The van der Waals surface area contributed by atoms with Crippen molar-refractivity contribution in [3.05, 3.63) is 60.7 Å². The van der Waals surface area contributed by atoms with Gasteiger partial charge in [0, 0.05) is 0 Å². The van der Waals surface area contributed by atoms with E-state index >= 15 is 0 Å². The molecule has 0 spiro atoms. The van der Waals surface area contributed by atoms with Gasteiger partial charge in [-0.25, -0.2) is 0 Å². The first-order chi connectivity index (χ1) is 10.2. The van der Waals surface area contributed by atoms with Crippen molar-refractivity contribution in [1.29, 1.82) is 0 Å². The zero-order valence-electron chi connectivity index (χ0n) is 11.3. The minimum Gasteiger partial charge on any atom is -0.299 e. The van der Waals surface area contributed by atoms with Gasteiger partial charge in [-0.05, 0) is 24.3 Å². The number of rotatable bonds is 6. The Morgan fingerprint density at radius 2 is 1.05 bits per heavy atom. The highest BCUT2D eigenvalue weighted by Gasteiger charge is 2.08. The molecule has 0 saturated carbocycles. The summed E-state index contributed by atoms with van der Waals surface area (Å²) in [5, 5.41) is 0. The van der Waals surface area contributed by atoms with Crippen LogP contribution in [0.15, 0.2) is 60.7 Å². The van der Waals surface area contributed by atoms with E-state index < -0.39 is 11.8 Å². The van der Waals surface area contributed by atoms with Crippen LogP contribution in [0, 0.1) is 0 Å². The summed E-state index contributed by atoms with van der Waals surface area (Å²) in [5.74, 6) is -0.850. The van der Waals surface area contributed by atoms with Crippen molar-refractivity contribution in [3.8, 4) is 0 Å². The summed E-state index contributed by atoms with van der Waals surface area (Å²) >= 11 is 0. The minimum atomic E-state index is -0.425. The maximum absolute atomic E-state index is 11.6. The second-order valence-electron chi connectivity index (χ2n) is 4.26. The largest absolute Gasteiger partial charge is 0.299 e. The molecular weight excluding hydrogens is 268 g/mol. The second kappa shape index (κ2) is 7.54. The molecule has 108 valence electrons. The van der Waals surface area contributed by atoms with Gasteiger partial charge in [-0.3, -0.25) is 31.3 Å². The van der Waals surface area contributed by atoms with E-state index in [-0.39, 0.29) is 6.42 Å². The second-order valence-corrected chi connectivity index (χ2v) is 4.26. The van der Waals surface area contributed by atoms with Crippen LogP contribution in [0.1, 0.15) is 6.42 Å². The number of para-hydroxylation sites is 2. The maximum atomic E-state index is 11.6. The predicted molar refractivity (Wildman–Crippen MR) is 81.0 cm³/mol. The molecule has 0 atom stereocenters. The number of hydrazine groups is 2. The number of benzene rings is 2. The standard InChI is InChI=1S/C15H16N4O2/c20-14(18-16-12-7-3-1-4-8-12)11-15(21)19-17-13-9-5-2-6-10-13/h1-10,16-17H,11H2,(H,18,20)(H,19,21). The Labute approximate surface area is 122 Å². The molecule has 0 fully saturated rings. The van der Waals surface area contributed by atoms with Gasteiger partial charge in [-0.1, -0.05) is 36.4 Å². The Balaban J connectivity index is 1.69. The van der Waals surface area contributed by atoms with Crippen LogP contribution in [0.2, 0.25) is 0 Å². The van der Waals surface area contributed by atoms with Gasteiger partial charge in [0.25, 0.3) is 0 Å². The minimum absolute atomic E-state index is 0.278. The van der Waals surface area contributed by atoms with E-state index in [2.05, 4.69) is 21.7 Å². The molecule has 2 aromatic rings. The van der Waals surface area contributed by atoms with Gasteiger partial charge in [0.15, 0.2) is 0 Å². The highest BCUT2D eigenvalue weighted by molar-refractivity contribution is 5.97. The van der Waals surface area contributed by atoms with Crippen LogP contribution >= 0.6 is 0 Å². The molecule has 6 heteroatoms. The van der Waals surface area contributed by atoms with Gasteiger partial charge in [-0.15, -0.1) is 0 Å². The van der Waals surface area contributed by atoms with Gasteiger partial charge in [0.05, 0.1) is 11.4 Å². The molecule has 0 aliphatic heterocycles. The molecular formula is C15H16N4O2. The number of carbonyl (C=O) groups is 2. The fourth-order valence-electron chi connectivity index (χ4n) is 1.56. The highest BCUT2D eigenvalue weighted by Crippen LogP contribution is 2.03. The first kappa shape index (κ1) is 14.4. The van der Waals surface area contributed by atoms with Crippen LogP contribution in [0.3, 0.4) is 0 Å². The summed E-state index contributed by atoms with van der Waals surface area (Å²) in [6.45, 7) is 0. The summed E-state index contributed by atoms with van der Waals surface area (Å²) < 4.78 is 0. The molecule has 2 aromatic carbocycles. The fraction of sp³-hybridized carbons (Fsp3) is 0.0667. The average Bonchev–Trinajstić information content (AvgIpc) is 2.53. The zero-order chi connectivity index (χ0) is 14.9. The number of amides is 2. The third kappa shape index (κ3) is 5.23.